The van der Waals surface area contributed by atoms with E-state index in [1.165, 1.54) is 29.3 Å². The van der Waals surface area contributed by atoms with Crippen molar-refractivity contribution in [2.24, 2.45) is 5.41 Å². The Kier molecular flexibility index (Phi) is 7.46. The largest absolute Gasteiger partial charge is 0.492 e. The summed E-state index contributed by atoms with van der Waals surface area (Å²) >= 11 is 6.88. The normalized spacial score (nSPS) is 11.6. The first kappa shape index (κ1) is 16.2. The third-order valence-corrected chi connectivity index (χ3v) is 4.83. The minimum Gasteiger partial charge on any atom is -0.492 e. The standard InChI is InChI=1S/C15H23IOS/c1-3-9-15(12-18,10-4-2)11-17-14-8-6-5-7-13(14)16/h5-8,18H,3-4,9-12H2,1-2H3. The van der Waals surface area contributed by atoms with Crippen LogP contribution in [0.1, 0.15) is 39.5 Å². The molecule has 1 nitrogen and oxygen atoms in total. The van der Waals surface area contributed by atoms with Crippen LogP contribution in [0.15, 0.2) is 24.3 Å². The summed E-state index contributed by atoms with van der Waals surface area (Å²) in [5.41, 5.74) is 0.228. The number of ether oxygens (including phenoxy) is 1. The van der Waals surface area contributed by atoms with Crippen LogP contribution >= 0.6 is 35.2 Å². The molecule has 0 amide bonds. The van der Waals surface area contributed by atoms with Gasteiger partial charge in [-0.25, -0.2) is 0 Å². The molecule has 0 unspecified atom stereocenters. The minimum atomic E-state index is 0.228. The van der Waals surface area contributed by atoms with E-state index >= 15 is 0 Å². The Morgan fingerprint density at radius 1 is 1.17 bits per heavy atom. The third kappa shape index (κ3) is 4.65. The van der Waals surface area contributed by atoms with Crippen molar-refractivity contribution >= 4 is 35.2 Å². The van der Waals surface area contributed by atoms with Gasteiger partial charge in [-0.15, -0.1) is 0 Å². The average molecular weight is 378 g/mol. The maximum absolute atomic E-state index is 6.04. The number of benzene rings is 1. The Balaban J connectivity index is 2.69. The van der Waals surface area contributed by atoms with Crippen LogP contribution in [0.3, 0.4) is 0 Å². The molecule has 0 heterocycles. The second kappa shape index (κ2) is 8.31. The number of para-hydroxylation sites is 1. The summed E-state index contributed by atoms with van der Waals surface area (Å²) in [7, 11) is 0. The molecule has 0 radical (unpaired) electrons. The smallest absolute Gasteiger partial charge is 0.132 e. The maximum atomic E-state index is 6.04. The van der Waals surface area contributed by atoms with E-state index in [4.69, 9.17) is 4.74 Å². The lowest BCUT2D eigenvalue weighted by atomic mass is 9.82. The zero-order chi connectivity index (χ0) is 13.4. The zero-order valence-corrected chi connectivity index (χ0v) is 14.3. The first-order valence-corrected chi connectivity index (χ1v) is 8.36. The summed E-state index contributed by atoms with van der Waals surface area (Å²) in [6.45, 7) is 5.25. The molecule has 102 valence electrons. The molecule has 18 heavy (non-hydrogen) atoms. The average Bonchev–Trinajstić information content (AvgIpc) is 2.38. The molecule has 1 rings (SSSR count). The van der Waals surface area contributed by atoms with Gasteiger partial charge in [0.1, 0.15) is 5.75 Å². The highest BCUT2D eigenvalue weighted by atomic mass is 127. The van der Waals surface area contributed by atoms with Crippen molar-refractivity contribution in [3.8, 4) is 5.75 Å². The summed E-state index contributed by atoms with van der Waals surface area (Å²) in [5, 5.41) is 0. The lowest BCUT2D eigenvalue weighted by Crippen LogP contribution is -2.30. The first-order chi connectivity index (χ1) is 8.67. The fourth-order valence-corrected chi connectivity index (χ4v) is 3.28. The summed E-state index contributed by atoms with van der Waals surface area (Å²) in [6, 6.07) is 8.19. The molecular formula is C15H23IOS. The number of rotatable bonds is 8. The summed E-state index contributed by atoms with van der Waals surface area (Å²) in [4.78, 5) is 0. The molecule has 0 aromatic heterocycles. The van der Waals surface area contributed by atoms with E-state index in [0.717, 1.165) is 18.1 Å². The van der Waals surface area contributed by atoms with Gasteiger partial charge < -0.3 is 4.74 Å². The van der Waals surface area contributed by atoms with Crippen LogP contribution in [-0.2, 0) is 0 Å². The monoisotopic (exact) mass is 378 g/mol. The van der Waals surface area contributed by atoms with Crippen molar-refractivity contribution in [2.45, 2.75) is 39.5 Å². The SMILES string of the molecule is CCCC(CS)(CCC)COc1ccccc1I. The molecule has 1 aromatic carbocycles. The van der Waals surface area contributed by atoms with Gasteiger partial charge in [-0.05, 0) is 53.3 Å². The molecule has 0 bridgehead atoms. The predicted molar refractivity (Wildman–Crippen MR) is 90.8 cm³/mol. The Labute approximate surface area is 130 Å². The Morgan fingerprint density at radius 2 is 1.78 bits per heavy atom. The van der Waals surface area contributed by atoms with Gasteiger partial charge in [0.2, 0.25) is 0 Å². The molecule has 0 saturated heterocycles. The van der Waals surface area contributed by atoms with Crippen LogP contribution in [0, 0.1) is 8.99 Å². The van der Waals surface area contributed by atoms with Gasteiger partial charge in [0.15, 0.2) is 0 Å². The van der Waals surface area contributed by atoms with Gasteiger partial charge in [-0.3, -0.25) is 0 Å². The maximum Gasteiger partial charge on any atom is 0.132 e. The number of thiol groups is 1. The Hall–Kier alpha value is 0.100. The van der Waals surface area contributed by atoms with Crippen molar-refractivity contribution in [3.05, 3.63) is 27.8 Å². The molecule has 3 heteroatoms. The summed E-state index contributed by atoms with van der Waals surface area (Å²) in [6.07, 6.45) is 4.76. The van der Waals surface area contributed by atoms with E-state index in [1.54, 1.807) is 0 Å². The highest BCUT2D eigenvalue weighted by Crippen LogP contribution is 2.33. The van der Waals surface area contributed by atoms with Crippen molar-refractivity contribution in [1.29, 1.82) is 0 Å². The van der Waals surface area contributed by atoms with E-state index < -0.39 is 0 Å². The lowest BCUT2D eigenvalue weighted by molar-refractivity contribution is 0.143. The highest BCUT2D eigenvalue weighted by Gasteiger charge is 2.28. The molecule has 0 aliphatic heterocycles. The molecule has 0 atom stereocenters. The van der Waals surface area contributed by atoms with Crippen LogP contribution in [0.2, 0.25) is 0 Å². The van der Waals surface area contributed by atoms with Gasteiger partial charge in [0.05, 0.1) is 10.2 Å². The van der Waals surface area contributed by atoms with Gasteiger partial charge in [0.25, 0.3) is 0 Å². The van der Waals surface area contributed by atoms with E-state index in [9.17, 15) is 0 Å². The quantitative estimate of drug-likeness (QED) is 0.484. The Bertz CT molecular complexity index is 348. The molecule has 0 spiro atoms. The molecule has 0 saturated carbocycles. The van der Waals surface area contributed by atoms with Crippen molar-refractivity contribution in [1.82, 2.24) is 0 Å². The summed E-state index contributed by atoms with van der Waals surface area (Å²) in [5.74, 6) is 1.90. The van der Waals surface area contributed by atoms with E-state index in [-0.39, 0.29) is 5.41 Å². The second-order valence-electron chi connectivity index (χ2n) is 4.88. The minimum absolute atomic E-state index is 0.228. The molecular weight excluding hydrogens is 355 g/mol. The molecule has 1 aromatic rings. The number of hydrogen-bond donors (Lipinski definition) is 1. The second-order valence-corrected chi connectivity index (χ2v) is 6.36. The molecule has 0 N–H and O–H groups in total. The van der Waals surface area contributed by atoms with Gasteiger partial charge in [0, 0.05) is 5.41 Å². The van der Waals surface area contributed by atoms with Crippen LogP contribution in [-0.4, -0.2) is 12.4 Å². The van der Waals surface area contributed by atoms with Crippen LogP contribution < -0.4 is 4.74 Å². The number of hydrogen-bond acceptors (Lipinski definition) is 2. The topological polar surface area (TPSA) is 9.23 Å². The van der Waals surface area contributed by atoms with Crippen molar-refractivity contribution in [3.63, 3.8) is 0 Å². The molecule has 0 aliphatic rings. The first-order valence-electron chi connectivity index (χ1n) is 6.65. The van der Waals surface area contributed by atoms with Crippen LogP contribution in [0.25, 0.3) is 0 Å². The predicted octanol–water partition coefficient (Wildman–Crippen LogP) is 5.19. The fraction of sp³-hybridized carbons (Fsp3) is 0.600. The highest BCUT2D eigenvalue weighted by molar-refractivity contribution is 14.1. The van der Waals surface area contributed by atoms with E-state index in [1.807, 2.05) is 18.2 Å². The van der Waals surface area contributed by atoms with Crippen molar-refractivity contribution < 1.29 is 4.74 Å². The van der Waals surface area contributed by atoms with Crippen LogP contribution in [0.5, 0.6) is 5.75 Å². The molecule has 0 fully saturated rings. The van der Waals surface area contributed by atoms with Gasteiger partial charge in [-0.1, -0.05) is 38.8 Å². The molecule has 0 aliphatic carbocycles. The van der Waals surface area contributed by atoms with E-state index in [0.29, 0.717) is 0 Å². The lowest BCUT2D eigenvalue weighted by Gasteiger charge is -2.32. The van der Waals surface area contributed by atoms with Crippen molar-refractivity contribution in [2.75, 3.05) is 12.4 Å². The third-order valence-electron chi connectivity index (χ3n) is 3.27. The van der Waals surface area contributed by atoms with Gasteiger partial charge >= 0.3 is 0 Å². The van der Waals surface area contributed by atoms with Gasteiger partial charge in [-0.2, -0.15) is 12.6 Å². The van der Waals surface area contributed by atoms with E-state index in [2.05, 4.69) is 55.1 Å². The van der Waals surface area contributed by atoms with Crippen LogP contribution in [0.4, 0.5) is 0 Å². The summed E-state index contributed by atoms with van der Waals surface area (Å²) < 4.78 is 7.22. The Morgan fingerprint density at radius 3 is 2.28 bits per heavy atom. The zero-order valence-electron chi connectivity index (χ0n) is 11.3. The fourth-order valence-electron chi connectivity index (χ4n) is 2.33. The number of halogens is 1.